The van der Waals surface area contributed by atoms with Crippen molar-refractivity contribution >= 4 is 11.7 Å². The van der Waals surface area contributed by atoms with E-state index in [4.69, 9.17) is 5.11 Å². The van der Waals surface area contributed by atoms with Gasteiger partial charge in [0.2, 0.25) is 0 Å². The molecule has 8 heteroatoms. The number of rotatable bonds is 3. The van der Waals surface area contributed by atoms with Gasteiger partial charge in [0.1, 0.15) is 5.56 Å². The number of aromatic carboxylic acids is 1. The van der Waals surface area contributed by atoms with Crippen LogP contribution in [0.2, 0.25) is 0 Å². The first-order valence-electron chi connectivity index (χ1n) is 6.08. The van der Waals surface area contributed by atoms with Crippen LogP contribution >= 0.6 is 0 Å². The second-order valence-corrected chi connectivity index (χ2v) is 4.58. The van der Waals surface area contributed by atoms with Crippen molar-refractivity contribution in [2.75, 3.05) is 37.6 Å². The highest BCUT2D eigenvalue weighted by atomic mass is 19.4. The summed E-state index contributed by atoms with van der Waals surface area (Å²) < 4.78 is 36.9. The van der Waals surface area contributed by atoms with Crippen molar-refractivity contribution in [1.82, 2.24) is 9.88 Å². The van der Waals surface area contributed by atoms with E-state index in [1.54, 1.807) is 11.0 Å². The van der Waals surface area contributed by atoms with Gasteiger partial charge in [-0.05, 0) is 6.07 Å². The van der Waals surface area contributed by atoms with E-state index in [9.17, 15) is 18.0 Å². The number of piperazine rings is 1. The summed E-state index contributed by atoms with van der Waals surface area (Å²) in [5, 5.41) is 9.08. The fourth-order valence-corrected chi connectivity index (χ4v) is 2.23. The van der Waals surface area contributed by atoms with E-state index in [-0.39, 0.29) is 18.7 Å². The molecule has 0 aromatic carbocycles. The average molecular weight is 289 g/mol. The molecule has 1 N–H and O–H groups in total. The SMILES string of the molecule is O=C(O)c1cnccc1N1CCN(CC(F)(F)F)CC1. The predicted octanol–water partition coefficient (Wildman–Crippen LogP) is 1.46. The summed E-state index contributed by atoms with van der Waals surface area (Å²) in [6.07, 6.45) is -1.48. The molecule has 5 nitrogen and oxygen atoms in total. The molecule has 1 aromatic heterocycles. The number of anilines is 1. The van der Waals surface area contributed by atoms with Crippen molar-refractivity contribution in [2.24, 2.45) is 0 Å². The van der Waals surface area contributed by atoms with E-state index >= 15 is 0 Å². The third-order valence-electron chi connectivity index (χ3n) is 3.14. The molecule has 0 spiro atoms. The first-order valence-corrected chi connectivity index (χ1v) is 6.08. The molecular weight excluding hydrogens is 275 g/mol. The highest BCUT2D eigenvalue weighted by molar-refractivity contribution is 5.94. The Morgan fingerprint density at radius 3 is 2.50 bits per heavy atom. The first-order chi connectivity index (χ1) is 9.37. The number of nitrogens with zero attached hydrogens (tertiary/aromatic N) is 3. The number of carbonyl (C=O) groups is 1. The summed E-state index contributed by atoms with van der Waals surface area (Å²) in [5.41, 5.74) is 0.566. The zero-order valence-electron chi connectivity index (χ0n) is 10.6. The number of carboxylic acids is 1. The summed E-state index contributed by atoms with van der Waals surface area (Å²) >= 11 is 0. The lowest BCUT2D eigenvalue weighted by atomic mass is 10.2. The van der Waals surface area contributed by atoms with Crippen LogP contribution in [0.1, 0.15) is 10.4 Å². The van der Waals surface area contributed by atoms with Gasteiger partial charge < -0.3 is 10.0 Å². The van der Waals surface area contributed by atoms with E-state index in [2.05, 4.69) is 4.98 Å². The molecular formula is C12H14F3N3O2. The van der Waals surface area contributed by atoms with Gasteiger partial charge in [0.15, 0.2) is 0 Å². The monoisotopic (exact) mass is 289 g/mol. The van der Waals surface area contributed by atoms with E-state index in [0.29, 0.717) is 18.8 Å². The molecule has 110 valence electrons. The minimum atomic E-state index is -4.20. The van der Waals surface area contributed by atoms with Gasteiger partial charge in [0.25, 0.3) is 0 Å². The maximum absolute atomic E-state index is 12.3. The molecule has 0 unspecified atom stereocenters. The molecule has 1 fully saturated rings. The minimum Gasteiger partial charge on any atom is -0.478 e. The summed E-state index contributed by atoms with van der Waals surface area (Å²) in [4.78, 5) is 17.9. The van der Waals surface area contributed by atoms with Gasteiger partial charge >= 0.3 is 12.1 Å². The van der Waals surface area contributed by atoms with Gasteiger partial charge in [0, 0.05) is 38.6 Å². The van der Waals surface area contributed by atoms with Gasteiger partial charge in [0.05, 0.1) is 12.2 Å². The zero-order valence-corrected chi connectivity index (χ0v) is 10.6. The van der Waals surface area contributed by atoms with Crippen molar-refractivity contribution in [1.29, 1.82) is 0 Å². The molecule has 1 aliphatic rings. The lowest BCUT2D eigenvalue weighted by molar-refractivity contribution is -0.146. The van der Waals surface area contributed by atoms with Crippen LogP contribution in [-0.2, 0) is 0 Å². The maximum Gasteiger partial charge on any atom is 0.401 e. The fraction of sp³-hybridized carbons (Fsp3) is 0.500. The van der Waals surface area contributed by atoms with Gasteiger partial charge in [-0.2, -0.15) is 13.2 Å². The quantitative estimate of drug-likeness (QED) is 0.913. The lowest BCUT2D eigenvalue weighted by Gasteiger charge is -2.36. The molecule has 0 amide bonds. The summed E-state index contributed by atoms with van der Waals surface area (Å²) in [7, 11) is 0. The van der Waals surface area contributed by atoms with E-state index in [1.165, 1.54) is 17.3 Å². The van der Waals surface area contributed by atoms with Gasteiger partial charge in [-0.25, -0.2) is 4.79 Å². The Morgan fingerprint density at radius 1 is 1.30 bits per heavy atom. The van der Waals surface area contributed by atoms with Crippen LogP contribution in [0, 0.1) is 0 Å². The molecule has 2 heterocycles. The van der Waals surface area contributed by atoms with Crippen LogP contribution in [0.4, 0.5) is 18.9 Å². The minimum absolute atomic E-state index is 0.0665. The van der Waals surface area contributed by atoms with Crippen molar-refractivity contribution in [3.8, 4) is 0 Å². The highest BCUT2D eigenvalue weighted by Crippen LogP contribution is 2.22. The third kappa shape index (κ3) is 3.60. The number of carboxylic acid groups (broad SMARTS) is 1. The van der Waals surface area contributed by atoms with Crippen LogP contribution in [0.15, 0.2) is 18.5 Å². The largest absolute Gasteiger partial charge is 0.478 e. The van der Waals surface area contributed by atoms with Crippen molar-refractivity contribution < 1.29 is 23.1 Å². The molecule has 0 bridgehead atoms. The number of hydrogen-bond donors (Lipinski definition) is 1. The number of halogens is 3. The molecule has 0 saturated carbocycles. The number of hydrogen-bond acceptors (Lipinski definition) is 4. The number of aromatic nitrogens is 1. The molecule has 0 radical (unpaired) electrons. The predicted molar refractivity (Wildman–Crippen MR) is 65.9 cm³/mol. The Labute approximate surface area is 113 Å². The number of pyridine rings is 1. The van der Waals surface area contributed by atoms with Crippen LogP contribution < -0.4 is 4.90 Å². The molecule has 0 aliphatic carbocycles. The van der Waals surface area contributed by atoms with Crippen molar-refractivity contribution in [2.45, 2.75) is 6.18 Å². The third-order valence-corrected chi connectivity index (χ3v) is 3.14. The Bertz CT molecular complexity index is 485. The Hall–Kier alpha value is -1.83. The molecule has 20 heavy (non-hydrogen) atoms. The molecule has 0 atom stereocenters. The topological polar surface area (TPSA) is 56.7 Å². The van der Waals surface area contributed by atoms with Crippen LogP contribution in [-0.4, -0.2) is 59.9 Å². The van der Waals surface area contributed by atoms with Crippen LogP contribution in [0.3, 0.4) is 0 Å². The van der Waals surface area contributed by atoms with Gasteiger partial charge in [-0.3, -0.25) is 9.88 Å². The molecule has 1 saturated heterocycles. The standard InChI is InChI=1S/C12H14F3N3O2/c13-12(14,15)8-17-3-5-18(6-4-17)10-1-2-16-7-9(10)11(19)20/h1-2,7H,3-6,8H2,(H,19,20). The smallest absolute Gasteiger partial charge is 0.401 e. The normalized spacial score (nSPS) is 17.2. The maximum atomic E-state index is 12.3. The molecule has 1 aliphatic heterocycles. The van der Waals surface area contributed by atoms with E-state index in [1.807, 2.05) is 0 Å². The average Bonchev–Trinajstić information content (AvgIpc) is 2.38. The Morgan fingerprint density at radius 2 is 1.95 bits per heavy atom. The highest BCUT2D eigenvalue weighted by Gasteiger charge is 2.32. The Kier molecular flexibility index (Phi) is 4.12. The summed E-state index contributed by atoms with van der Waals surface area (Å²) in [6.45, 7) is 0.297. The van der Waals surface area contributed by atoms with Gasteiger partial charge in [-0.15, -0.1) is 0 Å². The van der Waals surface area contributed by atoms with E-state index in [0.717, 1.165) is 0 Å². The lowest BCUT2D eigenvalue weighted by Crippen LogP contribution is -2.49. The first kappa shape index (κ1) is 14.6. The molecule has 2 rings (SSSR count). The molecule has 1 aromatic rings. The van der Waals surface area contributed by atoms with Crippen LogP contribution in [0.25, 0.3) is 0 Å². The summed E-state index contributed by atoms with van der Waals surface area (Å²) in [5.74, 6) is -1.09. The van der Waals surface area contributed by atoms with Crippen molar-refractivity contribution in [3.63, 3.8) is 0 Å². The Balaban J connectivity index is 2.03. The van der Waals surface area contributed by atoms with Crippen molar-refractivity contribution in [3.05, 3.63) is 24.0 Å². The van der Waals surface area contributed by atoms with Gasteiger partial charge in [-0.1, -0.05) is 0 Å². The fourth-order valence-electron chi connectivity index (χ4n) is 2.23. The summed E-state index contributed by atoms with van der Waals surface area (Å²) in [6, 6.07) is 1.57. The van der Waals surface area contributed by atoms with E-state index < -0.39 is 18.7 Å². The second-order valence-electron chi connectivity index (χ2n) is 4.58. The zero-order chi connectivity index (χ0) is 14.8. The van der Waals surface area contributed by atoms with Crippen LogP contribution in [0.5, 0.6) is 0 Å². The number of alkyl halides is 3. The second kappa shape index (κ2) is 5.66.